The Morgan fingerprint density at radius 1 is 1.24 bits per heavy atom. The minimum absolute atomic E-state index is 0.421. The maximum absolute atomic E-state index is 6.06. The molecule has 0 radical (unpaired) electrons. The molecular weight excluding hydrogens is 206 g/mol. The molecule has 1 fully saturated rings. The highest BCUT2D eigenvalue weighted by Gasteiger charge is 2.33. The summed E-state index contributed by atoms with van der Waals surface area (Å²) >= 11 is 0. The van der Waals surface area contributed by atoms with E-state index < -0.39 is 0 Å². The zero-order valence-corrected chi connectivity index (χ0v) is 11.6. The second kappa shape index (κ2) is 4.45. The highest BCUT2D eigenvalue weighted by Crippen LogP contribution is 2.41. The van der Waals surface area contributed by atoms with Crippen molar-refractivity contribution in [1.29, 1.82) is 0 Å². The Balaban J connectivity index is 2.24. The van der Waals surface area contributed by atoms with E-state index in [-0.39, 0.29) is 0 Å². The lowest BCUT2D eigenvalue weighted by molar-refractivity contribution is 0.328. The third kappa shape index (κ3) is 2.71. The molecule has 1 aliphatic carbocycles. The predicted molar refractivity (Wildman–Crippen MR) is 74.3 cm³/mol. The van der Waals surface area contributed by atoms with Crippen LogP contribution in [0.1, 0.15) is 48.4 Å². The SMILES string of the molecule is Cc1cc(C)c(CC2(C)CCC(N)C2)c(C)c1. The molecule has 0 heterocycles. The molecule has 1 aliphatic rings. The van der Waals surface area contributed by atoms with Gasteiger partial charge in [0.15, 0.2) is 0 Å². The first-order valence-electron chi connectivity index (χ1n) is 6.72. The van der Waals surface area contributed by atoms with Crippen LogP contribution in [0, 0.1) is 26.2 Å². The largest absolute Gasteiger partial charge is 0.328 e. The van der Waals surface area contributed by atoms with Crippen LogP contribution in [0.3, 0.4) is 0 Å². The number of hydrogen-bond donors (Lipinski definition) is 1. The van der Waals surface area contributed by atoms with E-state index in [4.69, 9.17) is 5.73 Å². The molecule has 1 aromatic carbocycles. The second-order valence-electron chi connectivity index (χ2n) is 6.37. The van der Waals surface area contributed by atoms with Crippen LogP contribution >= 0.6 is 0 Å². The van der Waals surface area contributed by atoms with Crippen molar-refractivity contribution in [2.45, 2.75) is 59.4 Å². The molecule has 94 valence electrons. The first-order chi connectivity index (χ1) is 7.89. The van der Waals surface area contributed by atoms with Crippen molar-refractivity contribution in [3.8, 4) is 0 Å². The van der Waals surface area contributed by atoms with Crippen LogP contribution in [0.25, 0.3) is 0 Å². The average molecular weight is 231 g/mol. The summed E-state index contributed by atoms with van der Waals surface area (Å²) in [5.74, 6) is 0. The van der Waals surface area contributed by atoms with Gasteiger partial charge in [0.05, 0.1) is 0 Å². The molecule has 17 heavy (non-hydrogen) atoms. The van der Waals surface area contributed by atoms with Crippen molar-refractivity contribution in [3.63, 3.8) is 0 Å². The van der Waals surface area contributed by atoms with Crippen LogP contribution in [0.5, 0.6) is 0 Å². The fourth-order valence-electron chi connectivity index (χ4n) is 3.45. The molecule has 2 atom stereocenters. The number of hydrogen-bond acceptors (Lipinski definition) is 1. The van der Waals surface area contributed by atoms with E-state index in [9.17, 15) is 0 Å². The summed E-state index contributed by atoms with van der Waals surface area (Å²) in [6.45, 7) is 9.07. The molecule has 2 rings (SSSR count). The highest BCUT2D eigenvalue weighted by molar-refractivity contribution is 5.38. The molecule has 1 aromatic rings. The van der Waals surface area contributed by atoms with Crippen LogP contribution in [0.2, 0.25) is 0 Å². The first-order valence-corrected chi connectivity index (χ1v) is 6.72. The Bertz CT molecular complexity index is 399. The van der Waals surface area contributed by atoms with Crippen molar-refractivity contribution in [2.75, 3.05) is 0 Å². The van der Waals surface area contributed by atoms with Crippen molar-refractivity contribution in [2.24, 2.45) is 11.1 Å². The van der Waals surface area contributed by atoms with Gasteiger partial charge in [-0.1, -0.05) is 24.6 Å². The van der Waals surface area contributed by atoms with Crippen molar-refractivity contribution < 1.29 is 0 Å². The molecule has 1 heteroatoms. The molecule has 0 saturated heterocycles. The zero-order valence-electron chi connectivity index (χ0n) is 11.6. The van der Waals surface area contributed by atoms with Crippen molar-refractivity contribution >= 4 is 0 Å². The lowest BCUT2D eigenvalue weighted by Gasteiger charge is -2.26. The normalized spacial score (nSPS) is 28.6. The summed E-state index contributed by atoms with van der Waals surface area (Å²) < 4.78 is 0. The third-order valence-electron chi connectivity index (χ3n) is 4.32. The van der Waals surface area contributed by atoms with E-state index in [1.54, 1.807) is 5.56 Å². The van der Waals surface area contributed by atoms with Gasteiger partial charge in [-0.3, -0.25) is 0 Å². The predicted octanol–water partition coefficient (Wildman–Crippen LogP) is 3.67. The molecule has 2 unspecified atom stereocenters. The summed E-state index contributed by atoms with van der Waals surface area (Å²) in [4.78, 5) is 0. The second-order valence-corrected chi connectivity index (χ2v) is 6.37. The van der Waals surface area contributed by atoms with Gasteiger partial charge >= 0.3 is 0 Å². The fourth-order valence-corrected chi connectivity index (χ4v) is 3.45. The topological polar surface area (TPSA) is 26.0 Å². The van der Waals surface area contributed by atoms with E-state index in [0.717, 1.165) is 0 Å². The standard InChI is InChI=1S/C16H25N/c1-11-7-12(2)15(13(3)8-11)10-16(4)6-5-14(17)9-16/h7-8,14H,5-6,9-10,17H2,1-4H3. The van der Waals surface area contributed by atoms with E-state index in [1.807, 2.05) is 0 Å². The van der Waals surface area contributed by atoms with Gasteiger partial charge in [-0.05, 0) is 68.6 Å². The molecule has 0 spiro atoms. The van der Waals surface area contributed by atoms with Gasteiger partial charge in [0.25, 0.3) is 0 Å². The lowest BCUT2D eigenvalue weighted by atomic mass is 9.79. The lowest BCUT2D eigenvalue weighted by Crippen LogP contribution is -2.21. The summed E-state index contributed by atoms with van der Waals surface area (Å²) in [5, 5.41) is 0. The Hall–Kier alpha value is -0.820. The van der Waals surface area contributed by atoms with Crippen LogP contribution in [0.4, 0.5) is 0 Å². The van der Waals surface area contributed by atoms with Crippen LogP contribution < -0.4 is 5.73 Å². The van der Waals surface area contributed by atoms with Gasteiger partial charge in [-0.25, -0.2) is 0 Å². The smallest absolute Gasteiger partial charge is 0.00443 e. The van der Waals surface area contributed by atoms with Crippen LogP contribution in [-0.2, 0) is 6.42 Å². The van der Waals surface area contributed by atoms with E-state index in [2.05, 4.69) is 39.8 Å². The maximum Gasteiger partial charge on any atom is 0.00443 e. The maximum atomic E-state index is 6.06. The highest BCUT2D eigenvalue weighted by atomic mass is 14.7. The molecule has 0 amide bonds. The third-order valence-corrected chi connectivity index (χ3v) is 4.32. The van der Waals surface area contributed by atoms with Gasteiger partial charge in [0.1, 0.15) is 0 Å². The summed E-state index contributed by atoms with van der Waals surface area (Å²) in [6.07, 6.45) is 4.85. The molecule has 0 bridgehead atoms. The minimum Gasteiger partial charge on any atom is -0.328 e. The Morgan fingerprint density at radius 3 is 2.29 bits per heavy atom. The summed E-state index contributed by atoms with van der Waals surface area (Å²) in [7, 11) is 0. The van der Waals surface area contributed by atoms with E-state index in [0.29, 0.717) is 11.5 Å². The van der Waals surface area contributed by atoms with Crippen LogP contribution in [-0.4, -0.2) is 6.04 Å². The number of aryl methyl sites for hydroxylation is 3. The molecule has 1 saturated carbocycles. The number of benzene rings is 1. The number of nitrogens with two attached hydrogens (primary N) is 1. The number of rotatable bonds is 2. The van der Waals surface area contributed by atoms with Gasteiger partial charge in [0.2, 0.25) is 0 Å². The van der Waals surface area contributed by atoms with Gasteiger partial charge in [0, 0.05) is 6.04 Å². The molecular formula is C16H25N. The van der Waals surface area contributed by atoms with Crippen molar-refractivity contribution in [1.82, 2.24) is 0 Å². The molecule has 1 nitrogen and oxygen atoms in total. The summed E-state index contributed by atoms with van der Waals surface area (Å²) in [5.41, 5.74) is 12.3. The first kappa shape index (κ1) is 12.6. The van der Waals surface area contributed by atoms with Gasteiger partial charge in [-0.2, -0.15) is 0 Å². The van der Waals surface area contributed by atoms with E-state index >= 15 is 0 Å². The Morgan fingerprint density at radius 2 is 1.82 bits per heavy atom. The summed E-state index contributed by atoms with van der Waals surface area (Å²) in [6, 6.07) is 5.03. The Kier molecular flexibility index (Phi) is 3.31. The zero-order chi connectivity index (χ0) is 12.6. The fraction of sp³-hybridized carbons (Fsp3) is 0.625. The molecule has 2 N–H and O–H groups in total. The average Bonchev–Trinajstić information content (AvgIpc) is 2.53. The monoisotopic (exact) mass is 231 g/mol. The Labute approximate surface area is 105 Å². The van der Waals surface area contributed by atoms with E-state index in [1.165, 1.54) is 42.4 Å². The minimum atomic E-state index is 0.421. The van der Waals surface area contributed by atoms with Gasteiger partial charge < -0.3 is 5.73 Å². The molecule has 0 aromatic heterocycles. The van der Waals surface area contributed by atoms with Crippen LogP contribution in [0.15, 0.2) is 12.1 Å². The quantitative estimate of drug-likeness (QED) is 0.825. The molecule has 0 aliphatic heterocycles. The van der Waals surface area contributed by atoms with Gasteiger partial charge in [-0.15, -0.1) is 0 Å². The van der Waals surface area contributed by atoms with Crippen molar-refractivity contribution in [3.05, 3.63) is 34.4 Å².